The van der Waals surface area contributed by atoms with Gasteiger partial charge in [0.2, 0.25) is 0 Å². The predicted molar refractivity (Wildman–Crippen MR) is 126 cm³/mol. The molecule has 1 amide bonds. The molecule has 0 radical (unpaired) electrons. The zero-order valence-corrected chi connectivity index (χ0v) is 19.3. The summed E-state index contributed by atoms with van der Waals surface area (Å²) in [5.41, 5.74) is 5.90. The Labute approximate surface area is 186 Å². The van der Waals surface area contributed by atoms with Crippen molar-refractivity contribution >= 4 is 61.4 Å². The molecule has 2 aromatic heterocycles. The van der Waals surface area contributed by atoms with E-state index in [1.54, 1.807) is 11.3 Å². The second-order valence-corrected chi connectivity index (χ2v) is 9.18. The van der Waals surface area contributed by atoms with E-state index in [0.717, 1.165) is 42.6 Å². The van der Waals surface area contributed by atoms with Gasteiger partial charge in [-0.15, -0.1) is 11.3 Å². The van der Waals surface area contributed by atoms with E-state index in [1.165, 1.54) is 0 Å². The van der Waals surface area contributed by atoms with Gasteiger partial charge in [0.25, 0.3) is 5.91 Å². The molecule has 4 rings (SSSR count). The van der Waals surface area contributed by atoms with Crippen LogP contribution in [0.1, 0.15) is 27.0 Å². The Morgan fingerprint density at radius 3 is 2.66 bits per heavy atom. The number of pyridine rings is 1. The van der Waals surface area contributed by atoms with E-state index in [9.17, 15) is 4.79 Å². The summed E-state index contributed by atoms with van der Waals surface area (Å²) in [5.74, 6) is -0.179. The van der Waals surface area contributed by atoms with E-state index < -0.39 is 0 Å². The van der Waals surface area contributed by atoms with Crippen LogP contribution in [-0.2, 0) is 0 Å². The number of aromatic nitrogens is 1. The summed E-state index contributed by atoms with van der Waals surface area (Å²) in [7, 11) is 0. The molecule has 0 aliphatic rings. The molecule has 1 N–H and O–H groups in total. The van der Waals surface area contributed by atoms with E-state index in [2.05, 4.69) is 27.3 Å². The summed E-state index contributed by atoms with van der Waals surface area (Å²) in [4.78, 5) is 19.2. The number of carbonyl (C=O) groups excluding carboxylic acids is 1. The molecule has 0 aliphatic carbocycles. The van der Waals surface area contributed by atoms with Crippen LogP contribution in [0.15, 0.2) is 52.3 Å². The molecule has 0 saturated heterocycles. The molecular weight excluding hydrogens is 468 g/mol. The summed E-state index contributed by atoms with van der Waals surface area (Å²) in [6.07, 6.45) is 0. The Hall–Kier alpha value is -2.21. The van der Waals surface area contributed by atoms with Crippen LogP contribution in [0.5, 0.6) is 0 Å². The van der Waals surface area contributed by atoms with E-state index in [4.69, 9.17) is 16.6 Å². The number of rotatable bonds is 3. The topological polar surface area (TPSA) is 42.0 Å². The van der Waals surface area contributed by atoms with E-state index in [1.807, 2.05) is 62.5 Å². The average molecular weight is 486 g/mol. The van der Waals surface area contributed by atoms with Gasteiger partial charge in [0.05, 0.1) is 26.7 Å². The first-order chi connectivity index (χ1) is 13.8. The van der Waals surface area contributed by atoms with Gasteiger partial charge >= 0.3 is 0 Å². The second-order valence-electron chi connectivity index (χ2n) is 7.00. The average Bonchev–Trinajstić information content (AvgIpc) is 3.22. The first kappa shape index (κ1) is 20.1. The first-order valence-corrected chi connectivity index (χ1v) is 11.1. The van der Waals surface area contributed by atoms with Crippen molar-refractivity contribution in [2.75, 3.05) is 5.32 Å². The minimum Gasteiger partial charge on any atom is -0.322 e. The molecule has 29 heavy (non-hydrogen) atoms. The lowest BCUT2D eigenvalue weighted by Gasteiger charge is -2.14. The number of fused-ring (bicyclic) bond motifs is 1. The van der Waals surface area contributed by atoms with Gasteiger partial charge in [-0.3, -0.25) is 4.79 Å². The molecule has 0 atom stereocenters. The number of carbonyl (C=O) groups is 1. The van der Waals surface area contributed by atoms with Crippen molar-refractivity contribution in [2.24, 2.45) is 0 Å². The lowest BCUT2D eigenvalue weighted by Crippen LogP contribution is -2.14. The zero-order valence-electron chi connectivity index (χ0n) is 16.1. The van der Waals surface area contributed by atoms with Gasteiger partial charge in [0.1, 0.15) is 0 Å². The van der Waals surface area contributed by atoms with Crippen molar-refractivity contribution < 1.29 is 4.79 Å². The molecule has 0 spiro atoms. The lowest BCUT2D eigenvalue weighted by atomic mass is 10.0. The summed E-state index contributed by atoms with van der Waals surface area (Å²) >= 11 is 11.4. The first-order valence-electron chi connectivity index (χ1n) is 9.07. The third-order valence-electron chi connectivity index (χ3n) is 4.85. The molecule has 2 aromatic carbocycles. The van der Waals surface area contributed by atoms with Crippen molar-refractivity contribution in [3.05, 3.63) is 79.6 Å². The molecule has 3 nitrogen and oxygen atoms in total. The second kappa shape index (κ2) is 7.90. The molecule has 146 valence electrons. The van der Waals surface area contributed by atoms with Crippen LogP contribution in [0.4, 0.5) is 5.69 Å². The minimum absolute atomic E-state index is 0.179. The largest absolute Gasteiger partial charge is 0.322 e. The molecular formula is C23H18BrClN2OS. The Morgan fingerprint density at radius 2 is 1.93 bits per heavy atom. The molecule has 2 heterocycles. The van der Waals surface area contributed by atoms with Crippen molar-refractivity contribution in [3.8, 4) is 10.6 Å². The Kier molecular flexibility index (Phi) is 5.47. The number of benzene rings is 2. The quantitative estimate of drug-likeness (QED) is 0.325. The third kappa shape index (κ3) is 3.82. The fourth-order valence-corrected chi connectivity index (χ4v) is 4.68. The summed E-state index contributed by atoms with van der Waals surface area (Å²) in [6.45, 7) is 5.94. The number of nitrogens with zero attached hydrogens (tertiary/aromatic N) is 1. The van der Waals surface area contributed by atoms with Gasteiger partial charge in [0, 0.05) is 15.5 Å². The van der Waals surface area contributed by atoms with E-state index in [0.29, 0.717) is 16.3 Å². The van der Waals surface area contributed by atoms with Crippen LogP contribution >= 0.6 is 38.9 Å². The van der Waals surface area contributed by atoms with E-state index in [-0.39, 0.29) is 5.91 Å². The Balaban J connectivity index is 1.87. The summed E-state index contributed by atoms with van der Waals surface area (Å²) in [6, 6.07) is 13.7. The number of hydrogen-bond acceptors (Lipinski definition) is 3. The van der Waals surface area contributed by atoms with Gasteiger partial charge in [-0.1, -0.05) is 29.3 Å². The van der Waals surface area contributed by atoms with Gasteiger partial charge in [-0.05, 0) is 83.5 Å². The molecule has 0 fully saturated rings. The van der Waals surface area contributed by atoms with Crippen molar-refractivity contribution in [1.82, 2.24) is 4.98 Å². The van der Waals surface area contributed by atoms with Crippen LogP contribution < -0.4 is 5.32 Å². The van der Waals surface area contributed by atoms with Crippen LogP contribution in [-0.4, -0.2) is 10.9 Å². The van der Waals surface area contributed by atoms with E-state index >= 15 is 0 Å². The molecule has 0 saturated carbocycles. The number of anilines is 1. The fourth-order valence-electron chi connectivity index (χ4n) is 3.40. The maximum atomic E-state index is 13.3. The highest BCUT2D eigenvalue weighted by atomic mass is 79.9. The van der Waals surface area contributed by atoms with Crippen molar-refractivity contribution in [3.63, 3.8) is 0 Å². The fraction of sp³-hybridized carbons (Fsp3) is 0.130. The molecule has 6 heteroatoms. The molecule has 0 unspecified atom stereocenters. The van der Waals surface area contributed by atoms with Gasteiger partial charge in [-0.25, -0.2) is 4.98 Å². The predicted octanol–water partition coefficient (Wildman–Crippen LogP) is 7.56. The number of aryl methyl sites for hydroxylation is 2. The third-order valence-corrected chi connectivity index (χ3v) is 7.12. The standard InChI is InChI=1S/C23H18BrClN2OS/c1-12-9-13(2)22-15(10-12)16(11-19(26-22)20-5-4-8-29-20)23(28)27-18-7-6-17(24)21(25)14(18)3/h4-11H,1-3H3,(H,27,28). The van der Waals surface area contributed by atoms with Gasteiger partial charge in [0.15, 0.2) is 0 Å². The summed E-state index contributed by atoms with van der Waals surface area (Å²) < 4.78 is 0.801. The Bertz CT molecular complexity index is 1250. The van der Waals surface area contributed by atoms with Gasteiger partial charge in [-0.2, -0.15) is 0 Å². The maximum absolute atomic E-state index is 13.3. The smallest absolute Gasteiger partial charge is 0.256 e. The SMILES string of the molecule is Cc1cc(C)c2nc(-c3cccs3)cc(C(=O)Nc3ccc(Br)c(Cl)c3C)c2c1. The summed E-state index contributed by atoms with van der Waals surface area (Å²) in [5, 5.41) is 6.48. The number of hydrogen-bond donors (Lipinski definition) is 1. The van der Waals surface area contributed by atoms with Crippen molar-refractivity contribution in [2.45, 2.75) is 20.8 Å². The number of halogens is 2. The zero-order chi connectivity index (χ0) is 20.7. The maximum Gasteiger partial charge on any atom is 0.256 e. The monoisotopic (exact) mass is 484 g/mol. The van der Waals surface area contributed by atoms with Crippen molar-refractivity contribution in [1.29, 1.82) is 0 Å². The van der Waals surface area contributed by atoms with Crippen LogP contribution in [0.2, 0.25) is 5.02 Å². The lowest BCUT2D eigenvalue weighted by molar-refractivity contribution is 0.102. The molecule has 0 aliphatic heterocycles. The number of thiophene rings is 1. The molecule has 4 aromatic rings. The normalized spacial score (nSPS) is 11.1. The number of amides is 1. The van der Waals surface area contributed by atoms with Crippen LogP contribution in [0.25, 0.3) is 21.5 Å². The highest BCUT2D eigenvalue weighted by Crippen LogP contribution is 2.33. The van der Waals surface area contributed by atoms with Crippen LogP contribution in [0.3, 0.4) is 0 Å². The highest BCUT2D eigenvalue weighted by Gasteiger charge is 2.18. The van der Waals surface area contributed by atoms with Crippen LogP contribution in [0, 0.1) is 20.8 Å². The molecule has 0 bridgehead atoms. The van der Waals surface area contributed by atoms with Gasteiger partial charge < -0.3 is 5.32 Å². The minimum atomic E-state index is -0.179. The highest BCUT2D eigenvalue weighted by molar-refractivity contribution is 9.10. The number of nitrogens with one attached hydrogen (secondary N) is 1. The Morgan fingerprint density at radius 1 is 1.14 bits per heavy atom.